The molecule has 1 aromatic carbocycles. The molecule has 3 rings (SSSR count). The fourth-order valence-electron chi connectivity index (χ4n) is 3.03. The second kappa shape index (κ2) is 14.7. The molecule has 0 unspecified atom stereocenters. The van der Waals surface area contributed by atoms with Crippen molar-refractivity contribution in [3.8, 4) is 0 Å². The predicted molar refractivity (Wildman–Crippen MR) is 134 cm³/mol. The molecule has 1 aromatic rings. The van der Waals surface area contributed by atoms with E-state index in [1.165, 1.54) is 37.1 Å². The molecule has 0 aliphatic carbocycles. The SMILES string of the molecule is C=C1/C=C(CC)\C=N/CN/C=C\1Cl.C=CN1CC(CCc2ccc(C)cc2)C1.CC. The lowest BCUT2D eigenvalue weighted by atomic mass is 9.93. The van der Waals surface area contributed by atoms with Gasteiger partial charge in [0.15, 0.2) is 0 Å². The summed E-state index contributed by atoms with van der Waals surface area (Å²) in [5.41, 5.74) is 4.78. The van der Waals surface area contributed by atoms with E-state index >= 15 is 0 Å². The maximum absolute atomic E-state index is 5.94. The molecule has 0 amide bonds. The average Bonchev–Trinajstić information content (AvgIpc) is 2.81. The van der Waals surface area contributed by atoms with Gasteiger partial charge in [-0.1, -0.05) is 75.4 Å². The van der Waals surface area contributed by atoms with E-state index < -0.39 is 0 Å². The van der Waals surface area contributed by atoms with Crippen LogP contribution in [-0.2, 0) is 6.42 Å². The Morgan fingerprint density at radius 3 is 2.50 bits per heavy atom. The first-order valence-corrected chi connectivity index (χ1v) is 11.3. The molecule has 164 valence electrons. The van der Waals surface area contributed by atoms with Crippen LogP contribution in [0.25, 0.3) is 0 Å². The van der Waals surface area contributed by atoms with Crippen LogP contribution in [-0.4, -0.2) is 30.9 Å². The average molecular weight is 428 g/mol. The lowest BCUT2D eigenvalue weighted by Crippen LogP contribution is -2.42. The van der Waals surface area contributed by atoms with Crippen molar-refractivity contribution in [2.24, 2.45) is 10.9 Å². The van der Waals surface area contributed by atoms with Gasteiger partial charge in [-0.3, -0.25) is 4.99 Å². The molecule has 0 radical (unpaired) electrons. The van der Waals surface area contributed by atoms with E-state index in [-0.39, 0.29) is 0 Å². The molecule has 0 aromatic heterocycles. The van der Waals surface area contributed by atoms with Crippen molar-refractivity contribution < 1.29 is 0 Å². The van der Waals surface area contributed by atoms with E-state index in [1.54, 1.807) is 6.20 Å². The van der Waals surface area contributed by atoms with Gasteiger partial charge in [-0.25, -0.2) is 0 Å². The Labute approximate surface area is 188 Å². The number of hydrogen-bond acceptors (Lipinski definition) is 3. The van der Waals surface area contributed by atoms with Crippen LogP contribution in [0.5, 0.6) is 0 Å². The molecule has 1 saturated heterocycles. The quantitative estimate of drug-likeness (QED) is 0.571. The number of halogens is 1. The van der Waals surface area contributed by atoms with E-state index in [0.29, 0.717) is 11.7 Å². The van der Waals surface area contributed by atoms with Crippen molar-refractivity contribution in [1.82, 2.24) is 10.2 Å². The van der Waals surface area contributed by atoms with Crippen molar-refractivity contribution in [3.63, 3.8) is 0 Å². The minimum absolute atomic E-state index is 0.556. The number of nitrogens with zero attached hydrogens (tertiary/aromatic N) is 2. The van der Waals surface area contributed by atoms with Gasteiger partial charge in [0.05, 0.1) is 5.03 Å². The van der Waals surface area contributed by atoms with E-state index in [2.05, 4.69) is 66.5 Å². The van der Waals surface area contributed by atoms with Gasteiger partial charge in [0, 0.05) is 25.5 Å². The summed E-state index contributed by atoms with van der Waals surface area (Å²) < 4.78 is 0. The number of hydrogen-bond donors (Lipinski definition) is 1. The van der Waals surface area contributed by atoms with Crippen molar-refractivity contribution >= 4 is 17.8 Å². The summed E-state index contributed by atoms with van der Waals surface area (Å²) >= 11 is 5.94. The first kappa shape index (κ1) is 25.8. The molecule has 4 heteroatoms. The highest BCUT2D eigenvalue weighted by Gasteiger charge is 2.22. The van der Waals surface area contributed by atoms with Gasteiger partial charge < -0.3 is 10.2 Å². The van der Waals surface area contributed by atoms with Gasteiger partial charge in [0.1, 0.15) is 6.67 Å². The first-order chi connectivity index (χ1) is 14.5. The number of aliphatic imine (C=N–C) groups is 1. The molecule has 1 fully saturated rings. The molecule has 2 heterocycles. The fourth-order valence-corrected chi connectivity index (χ4v) is 3.17. The van der Waals surface area contributed by atoms with Crippen molar-refractivity contribution in [1.29, 1.82) is 0 Å². The molecular weight excluding hydrogens is 390 g/mol. The third-order valence-corrected chi connectivity index (χ3v) is 5.30. The lowest BCUT2D eigenvalue weighted by molar-refractivity contribution is 0.153. The van der Waals surface area contributed by atoms with Crippen LogP contribution in [0, 0.1) is 12.8 Å². The lowest BCUT2D eigenvalue weighted by Gasteiger charge is -2.38. The van der Waals surface area contributed by atoms with Gasteiger partial charge >= 0.3 is 0 Å². The monoisotopic (exact) mass is 427 g/mol. The number of likely N-dealkylation sites (tertiary alicyclic amines) is 1. The molecule has 2 aliphatic rings. The van der Waals surface area contributed by atoms with Crippen LogP contribution in [0.4, 0.5) is 0 Å². The number of benzene rings is 1. The van der Waals surface area contributed by atoms with Gasteiger partial charge in [-0.05, 0) is 61.1 Å². The highest BCUT2D eigenvalue weighted by atomic mass is 35.5. The Kier molecular flexibility index (Phi) is 12.6. The second-order valence-electron chi connectivity index (χ2n) is 7.29. The number of aryl methyl sites for hydroxylation is 2. The highest BCUT2D eigenvalue weighted by molar-refractivity contribution is 6.32. The number of allylic oxidation sites excluding steroid dienone is 4. The highest BCUT2D eigenvalue weighted by Crippen LogP contribution is 2.21. The summed E-state index contributed by atoms with van der Waals surface area (Å²) in [6.07, 6.45) is 10.9. The van der Waals surface area contributed by atoms with Crippen LogP contribution < -0.4 is 5.32 Å². The predicted octanol–water partition coefficient (Wildman–Crippen LogP) is 6.62. The molecule has 0 saturated carbocycles. The molecule has 1 N–H and O–H groups in total. The first-order valence-electron chi connectivity index (χ1n) is 10.9. The second-order valence-corrected chi connectivity index (χ2v) is 7.70. The van der Waals surface area contributed by atoms with Crippen LogP contribution in [0.3, 0.4) is 0 Å². The maximum Gasteiger partial charge on any atom is 0.107 e. The summed E-state index contributed by atoms with van der Waals surface area (Å²) in [6, 6.07) is 8.90. The van der Waals surface area contributed by atoms with E-state index in [1.807, 2.05) is 32.3 Å². The van der Waals surface area contributed by atoms with Gasteiger partial charge in [-0.2, -0.15) is 0 Å². The smallest absolute Gasteiger partial charge is 0.107 e. The third-order valence-electron chi connectivity index (χ3n) is 4.95. The van der Waals surface area contributed by atoms with Crippen molar-refractivity contribution in [2.75, 3.05) is 19.8 Å². The van der Waals surface area contributed by atoms with Gasteiger partial charge in [0.25, 0.3) is 0 Å². The van der Waals surface area contributed by atoms with Crippen LogP contribution in [0.15, 0.2) is 77.1 Å². The molecule has 2 aliphatic heterocycles. The molecule has 0 bridgehead atoms. The van der Waals surface area contributed by atoms with Crippen LogP contribution in [0.2, 0.25) is 0 Å². The molecule has 3 nitrogen and oxygen atoms in total. The minimum Gasteiger partial charge on any atom is -0.377 e. The molecule has 0 atom stereocenters. The zero-order valence-corrected chi connectivity index (χ0v) is 19.9. The molecule has 0 spiro atoms. The summed E-state index contributed by atoms with van der Waals surface area (Å²) in [6.45, 7) is 18.8. The fraction of sp³-hybridized carbons (Fsp3) is 0.423. The third kappa shape index (κ3) is 9.49. The topological polar surface area (TPSA) is 27.6 Å². The Bertz CT molecular complexity index is 738. The largest absolute Gasteiger partial charge is 0.377 e. The minimum atomic E-state index is 0.556. The Morgan fingerprint density at radius 1 is 1.23 bits per heavy atom. The standard InChI is InChI=1S/C14H19N.C10H13ClN2.C2H6/c1-3-15-10-14(11-15)9-8-13-6-4-12(2)5-7-13;1-3-9-4-8(2)10(11)6-13-7-12-5-9;1-2/h3-7,14H,1,8-11H2,2H3;4-6,13H,2-3,7H2,1H3;1-2H3/b;9-4-,10-6+,12-5-;. The van der Waals surface area contributed by atoms with Crippen molar-refractivity contribution in [3.05, 3.63) is 83.2 Å². The Morgan fingerprint density at radius 2 is 1.90 bits per heavy atom. The molecule has 30 heavy (non-hydrogen) atoms. The van der Waals surface area contributed by atoms with Gasteiger partial charge in [-0.15, -0.1) is 0 Å². The van der Waals surface area contributed by atoms with E-state index in [4.69, 9.17) is 11.6 Å². The summed E-state index contributed by atoms with van der Waals surface area (Å²) in [5.74, 6) is 0.879. The normalized spacial score (nSPS) is 20.6. The summed E-state index contributed by atoms with van der Waals surface area (Å²) in [4.78, 5) is 6.44. The number of nitrogens with one attached hydrogen (secondary N) is 1. The summed E-state index contributed by atoms with van der Waals surface area (Å²) in [5, 5.41) is 3.60. The van der Waals surface area contributed by atoms with Crippen molar-refractivity contribution in [2.45, 2.75) is 47.0 Å². The summed E-state index contributed by atoms with van der Waals surface area (Å²) in [7, 11) is 0. The van der Waals surface area contributed by atoms with Gasteiger partial charge in [0.2, 0.25) is 0 Å². The number of rotatable bonds is 5. The maximum atomic E-state index is 5.94. The van der Waals surface area contributed by atoms with E-state index in [9.17, 15) is 0 Å². The Balaban J connectivity index is 0.000000280. The van der Waals surface area contributed by atoms with Crippen LogP contribution >= 0.6 is 11.6 Å². The van der Waals surface area contributed by atoms with Crippen LogP contribution in [0.1, 0.15) is 44.7 Å². The van der Waals surface area contributed by atoms with E-state index in [0.717, 1.165) is 23.5 Å². The zero-order valence-electron chi connectivity index (χ0n) is 19.1. The Hall–Kier alpha value is -2.26. The zero-order chi connectivity index (χ0) is 22.4. The molecular formula is C26H38ClN3.